The van der Waals surface area contributed by atoms with Crippen LogP contribution < -0.4 is 9.80 Å². The number of aryl methyl sites for hydroxylation is 8. The molecule has 7 aromatic carbocycles. The first kappa shape index (κ1) is 40.8. The third-order valence-electron chi connectivity index (χ3n) is 12.1. The molecule has 0 aliphatic heterocycles. The van der Waals surface area contributed by atoms with Crippen molar-refractivity contribution in [2.24, 2.45) is 0 Å². The molecule has 0 saturated heterocycles. The summed E-state index contributed by atoms with van der Waals surface area (Å²) in [6, 6.07) is 46.4. The maximum Gasteiger partial charge on any atom is 0.0520 e. The van der Waals surface area contributed by atoms with Crippen LogP contribution in [0.25, 0.3) is 21.5 Å². The van der Waals surface area contributed by atoms with Crippen LogP contribution in [0.3, 0.4) is 0 Å². The average Bonchev–Trinajstić information content (AvgIpc) is 3.21. The first-order valence-corrected chi connectivity index (χ1v) is 22.1. The number of hydrogen-bond acceptors (Lipinski definition) is 2. The summed E-state index contributed by atoms with van der Waals surface area (Å²) in [5.74, 6) is 0. The molecule has 0 N–H and O–H groups in total. The molecule has 7 aromatic rings. The molecule has 0 amide bonds. The first-order chi connectivity index (χ1) is 28.1. The molecule has 0 aliphatic rings. The van der Waals surface area contributed by atoms with Gasteiger partial charge in [0, 0.05) is 22.7 Å². The summed E-state index contributed by atoms with van der Waals surface area (Å²) in [6.07, 6.45) is 12.6. The lowest BCUT2D eigenvalue weighted by atomic mass is 9.96. The number of rotatable bonds is 16. The highest BCUT2D eigenvalue weighted by molar-refractivity contribution is 6.10. The Labute approximate surface area is 349 Å². The van der Waals surface area contributed by atoms with Crippen LogP contribution in [0.1, 0.15) is 110 Å². The van der Waals surface area contributed by atoms with Crippen molar-refractivity contribution in [3.8, 4) is 0 Å². The molecule has 298 valence electrons. The van der Waals surface area contributed by atoms with Crippen LogP contribution in [0.15, 0.2) is 121 Å². The molecule has 0 unspecified atom stereocenters. The van der Waals surface area contributed by atoms with Crippen LogP contribution >= 0.6 is 0 Å². The van der Waals surface area contributed by atoms with Crippen molar-refractivity contribution in [1.82, 2.24) is 0 Å². The molecule has 0 fully saturated rings. The van der Waals surface area contributed by atoms with E-state index in [2.05, 4.69) is 187 Å². The van der Waals surface area contributed by atoms with Gasteiger partial charge in [-0.05, 0) is 171 Å². The lowest BCUT2D eigenvalue weighted by Gasteiger charge is -2.30. The molecule has 2 heteroatoms. The van der Waals surface area contributed by atoms with Gasteiger partial charge >= 0.3 is 0 Å². The lowest BCUT2D eigenvalue weighted by Crippen LogP contribution is -2.13. The number of benzene rings is 7. The zero-order chi connectivity index (χ0) is 40.8. The van der Waals surface area contributed by atoms with E-state index in [9.17, 15) is 0 Å². The van der Waals surface area contributed by atoms with Crippen molar-refractivity contribution < 1.29 is 0 Å². The monoisotopic (exact) mass is 765 g/mol. The van der Waals surface area contributed by atoms with Gasteiger partial charge in [-0.2, -0.15) is 0 Å². The summed E-state index contributed by atoms with van der Waals surface area (Å²) >= 11 is 0. The first-order valence-electron chi connectivity index (χ1n) is 22.1. The molecule has 0 radical (unpaired) electrons. The highest BCUT2D eigenvalue weighted by atomic mass is 15.2. The topological polar surface area (TPSA) is 6.48 Å². The number of unbranched alkanes of at least 4 members (excludes halogenated alkanes) is 6. The van der Waals surface area contributed by atoms with Gasteiger partial charge in [0.1, 0.15) is 0 Å². The lowest BCUT2D eigenvalue weighted by molar-refractivity contribution is 0.666. The molecule has 2 nitrogen and oxygen atoms in total. The smallest absolute Gasteiger partial charge is 0.0520 e. The molecule has 0 bridgehead atoms. The standard InChI is InChI=1S/C56H64N2/c1-9-11-13-15-17-45-33-41(5)55(42(6)34-45)57(49-25-19-39(3)20-26-49)51-29-31-53-47(37-51)23-24-48-38-52(30-32-54(48)53)58(50-27-21-40(4)22-28-50)56-43(7)35-46(36-44(56)8)18-16-14-12-10-2/h19-38H,9-18H2,1-8H3. The van der Waals surface area contributed by atoms with Gasteiger partial charge in [0.15, 0.2) is 0 Å². The SMILES string of the molecule is CCCCCCc1cc(C)c(N(c2ccc(C)cc2)c2ccc3c(ccc4cc(N(c5ccc(C)cc5)c5c(C)cc(CCCCCC)cc5C)ccc43)c2)c(C)c1. The predicted molar refractivity (Wildman–Crippen MR) is 255 cm³/mol. The van der Waals surface area contributed by atoms with Crippen LogP contribution in [0.5, 0.6) is 0 Å². The number of hydrogen-bond donors (Lipinski definition) is 0. The van der Waals surface area contributed by atoms with Crippen molar-refractivity contribution in [1.29, 1.82) is 0 Å². The molecule has 0 aromatic heterocycles. The molecule has 7 rings (SSSR count). The Kier molecular flexibility index (Phi) is 13.0. The van der Waals surface area contributed by atoms with Crippen molar-refractivity contribution in [2.75, 3.05) is 9.80 Å². The Bertz CT molecular complexity index is 2270. The van der Waals surface area contributed by atoms with Crippen LogP contribution in [0.2, 0.25) is 0 Å². The van der Waals surface area contributed by atoms with Gasteiger partial charge in [-0.3, -0.25) is 0 Å². The van der Waals surface area contributed by atoms with E-state index in [1.54, 1.807) is 0 Å². The van der Waals surface area contributed by atoms with Crippen LogP contribution in [0.4, 0.5) is 34.1 Å². The van der Waals surface area contributed by atoms with Gasteiger partial charge in [-0.1, -0.05) is 136 Å². The molecule has 58 heavy (non-hydrogen) atoms. The molecular formula is C56H64N2. The van der Waals surface area contributed by atoms with Crippen molar-refractivity contribution in [3.63, 3.8) is 0 Å². The van der Waals surface area contributed by atoms with E-state index >= 15 is 0 Å². The van der Waals surface area contributed by atoms with Crippen LogP contribution in [-0.4, -0.2) is 0 Å². The van der Waals surface area contributed by atoms with Gasteiger partial charge in [-0.25, -0.2) is 0 Å². The highest BCUT2D eigenvalue weighted by Gasteiger charge is 2.21. The van der Waals surface area contributed by atoms with Crippen molar-refractivity contribution in [3.05, 3.63) is 166 Å². The number of nitrogens with zero attached hydrogens (tertiary/aromatic N) is 2. The van der Waals surface area contributed by atoms with Gasteiger partial charge in [0.05, 0.1) is 11.4 Å². The normalized spacial score (nSPS) is 11.4. The van der Waals surface area contributed by atoms with Crippen LogP contribution in [-0.2, 0) is 12.8 Å². The minimum absolute atomic E-state index is 1.14. The average molecular weight is 765 g/mol. The quantitative estimate of drug-likeness (QED) is 0.0714. The largest absolute Gasteiger partial charge is 0.310 e. The van der Waals surface area contributed by atoms with Crippen molar-refractivity contribution in [2.45, 2.75) is 120 Å². The van der Waals surface area contributed by atoms with Crippen molar-refractivity contribution >= 4 is 55.7 Å². The molecule has 0 saturated carbocycles. The second kappa shape index (κ2) is 18.5. The fourth-order valence-corrected chi connectivity index (χ4v) is 9.12. The predicted octanol–water partition coefficient (Wildman–Crippen LogP) is 17.0. The zero-order valence-corrected chi connectivity index (χ0v) is 36.5. The van der Waals surface area contributed by atoms with Gasteiger partial charge < -0.3 is 9.80 Å². The Morgan fingerprint density at radius 2 is 0.690 bits per heavy atom. The third-order valence-corrected chi connectivity index (χ3v) is 12.1. The van der Waals surface area contributed by atoms with E-state index in [1.807, 2.05) is 0 Å². The highest BCUT2D eigenvalue weighted by Crippen LogP contribution is 2.44. The Morgan fingerprint density at radius 3 is 1.03 bits per heavy atom. The minimum Gasteiger partial charge on any atom is -0.310 e. The number of fused-ring (bicyclic) bond motifs is 3. The summed E-state index contributed by atoms with van der Waals surface area (Å²) in [6.45, 7) is 18.1. The fraction of sp³-hybridized carbons (Fsp3) is 0.321. The fourth-order valence-electron chi connectivity index (χ4n) is 9.12. The molecule has 0 aliphatic carbocycles. The Hall–Kier alpha value is -5.34. The summed E-state index contributed by atoms with van der Waals surface area (Å²) in [5.41, 5.74) is 18.0. The van der Waals surface area contributed by atoms with E-state index in [0.717, 1.165) is 12.8 Å². The van der Waals surface area contributed by atoms with E-state index in [-0.39, 0.29) is 0 Å². The molecule has 0 heterocycles. The van der Waals surface area contributed by atoms with E-state index in [4.69, 9.17) is 0 Å². The summed E-state index contributed by atoms with van der Waals surface area (Å²) in [7, 11) is 0. The summed E-state index contributed by atoms with van der Waals surface area (Å²) in [4.78, 5) is 4.94. The summed E-state index contributed by atoms with van der Waals surface area (Å²) < 4.78 is 0. The second-order valence-electron chi connectivity index (χ2n) is 17.0. The Morgan fingerprint density at radius 1 is 0.345 bits per heavy atom. The second-order valence-corrected chi connectivity index (χ2v) is 17.0. The molecule has 0 atom stereocenters. The third kappa shape index (κ3) is 9.02. The maximum absolute atomic E-state index is 2.47. The number of anilines is 6. The minimum atomic E-state index is 1.14. The summed E-state index contributed by atoms with van der Waals surface area (Å²) in [5, 5.41) is 5.03. The van der Waals surface area contributed by atoms with E-state index in [1.165, 1.54) is 152 Å². The van der Waals surface area contributed by atoms with E-state index < -0.39 is 0 Å². The van der Waals surface area contributed by atoms with Gasteiger partial charge in [0.2, 0.25) is 0 Å². The van der Waals surface area contributed by atoms with Gasteiger partial charge in [-0.15, -0.1) is 0 Å². The van der Waals surface area contributed by atoms with E-state index in [0.29, 0.717) is 0 Å². The zero-order valence-electron chi connectivity index (χ0n) is 36.5. The molecule has 0 spiro atoms. The van der Waals surface area contributed by atoms with Crippen LogP contribution in [0, 0.1) is 41.5 Å². The Balaban J connectivity index is 1.28. The molecular weight excluding hydrogens is 701 g/mol. The van der Waals surface area contributed by atoms with Gasteiger partial charge in [0.25, 0.3) is 0 Å². The maximum atomic E-state index is 2.47.